The number of hydrogen-bond acceptors (Lipinski definition) is 5. The topological polar surface area (TPSA) is 81.9 Å². The molecule has 2 rings (SSSR count). The van der Waals surface area contributed by atoms with Crippen LogP contribution in [0.3, 0.4) is 0 Å². The lowest BCUT2D eigenvalue weighted by Crippen LogP contribution is -2.33. The molecule has 150 valence electrons. The summed E-state index contributed by atoms with van der Waals surface area (Å²) in [6.45, 7) is 0.633. The predicted octanol–water partition coefficient (Wildman–Crippen LogP) is 2.80. The molecule has 0 fully saturated rings. The van der Waals surface area contributed by atoms with E-state index in [0.717, 1.165) is 17.7 Å². The predicted molar refractivity (Wildman–Crippen MR) is 104 cm³/mol. The fourth-order valence-electron chi connectivity index (χ4n) is 2.51. The van der Waals surface area contributed by atoms with Crippen molar-refractivity contribution in [2.45, 2.75) is 17.9 Å². The summed E-state index contributed by atoms with van der Waals surface area (Å²) in [5.74, 6) is -0.625. The van der Waals surface area contributed by atoms with Gasteiger partial charge in [-0.3, -0.25) is 0 Å². The molecule has 6 nitrogen and oxygen atoms in total. The highest BCUT2D eigenvalue weighted by Crippen LogP contribution is 2.33. The van der Waals surface area contributed by atoms with Crippen LogP contribution in [0.15, 0.2) is 47.4 Å². The largest absolute Gasteiger partial charge is 0.493 e. The third-order valence-electron chi connectivity index (χ3n) is 3.87. The summed E-state index contributed by atoms with van der Waals surface area (Å²) in [5, 5.41) is 0. The van der Waals surface area contributed by atoms with Gasteiger partial charge in [0.15, 0.2) is 11.5 Å². The van der Waals surface area contributed by atoms with E-state index in [0.29, 0.717) is 13.0 Å². The van der Waals surface area contributed by atoms with Crippen LogP contribution in [-0.2, 0) is 16.6 Å². The highest BCUT2D eigenvalue weighted by molar-refractivity contribution is 7.89. The second-order valence-electron chi connectivity index (χ2n) is 5.60. The third kappa shape index (κ3) is 5.55. The lowest BCUT2D eigenvalue weighted by Gasteiger charge is -2.23. The molecule has 2 N–H and O–H groups in total. The van der Waals surface area contributed by atoms with E-state index in [2.05, 4.69) is 0 Å². The average Bonchev–Trinajstić information content (AvgIpc) is 2.65. The molecule has 2 aromatic rings. The van der Waals surface area contributed by atoms with Gasteiger partial charge in [0.1, 0.15) is 10.7 Å². The Balaban J connectivity index is 0.00000364. The second-order valence-corrected chi connectivity index (χ2v) is 7.51. The average molecular weight is 419 g/mol. The first-order chi connectivity index (χ1) is 12.4. The zero-order chi connectivity index (χ0) is 19.2. The first-order valence-electron chi connectivity index (χ1n) is 8.09. The van der Waals surface area contributed by atoms with Gasteiger partial charge in [0.05, 0.1) is 14.2 Å². The standard InChI is InChI=1S/C18H23FN2O4S.ClH/c1-24-16-11-15(19)18(12-17(16)25-2)26(22,23)21(10-6-9-20)13-14-7-4-3-5-8-14;/h3-5,7-8,11-12H,6,9-10,13,20H2,1-2H3;1H. The minimum Gasteiger partial charge on any atom is -0.493 e. The molecular weight excluding hydrogens is 395 g/mol. The molecule has 0 spiro atoms. The zero-order valence-corrected chi connectivity index (χ0v) is 16.9. The van der Waals surface area contributed by atoms with Gasteiger partial charge in [-0.05, 0) is 18.5 Å². The van der Waals surface area contributed by atoms with E-state index in [9.17, 15) is 12.8 Å². The highest BCUT2D eigenvalue weighted by atomic mass is 35.5. The minimum atomic E-state index is -4.09. The van der Waals surface area contributed by atoms with Crippen molar-refractivity contribution in [2.24, 2.45) is 5.73 Å². The van der Waals surface area contributed by atoms with Crippen LogP contribution < -0.4 is 15.2 Å². The van der Waals surface area contributed by atoms with Gasteiger partial charge in [0.2, 0.25) is 10.0 Å². The number of hydrogen-bond donors (Lipinski definition) is 1. The number of sulfonamides is 1. The molecule has 27 heavy (non-hydrogen) atoms. The molecule has 0 radical (unpaired) electrons. The van der Waals surface area contributed by atoms with Crippen LogP contribution in [0.1, 0.15) is 12.0 Å². The van der Waals surface area contributed by atoms with Crippen LogP contribution in [0.4, 0.5) is 4.39 Å². The lowest BCUT2D eigenvalue weighted by atomic mass is 10.2. The second kappa shape index (κ2) is 10.5. The first kappa shape index (κ1) is 23.2. The molecular formula is C18H24ClFN2O4S. The van der Waals surface area contributed by atoms with E-state index in [4.69, 9.17) is 15.2 Å². The maximum absolute atomic E-state index is 14.5. The van der Waals surface area contributed by atoms with Gasteiger partial charge in [0, 0.05) is 25.2 Å². The Hall–Kier alpha value is -1.87. The molecule has 0 heterocycles. The Labute approximate surface area is 165 Å². The zero-order valence-electron chi connectivity index (χ0n) is 15.2. The van der Waals surface area contributed by atoms with Crippen molar-refractivity contribution in [1.82, 2.24) is 4.31 Å². The summed E-state index contributed by atoms with van der Waals surface area (Å²) in [6, 6.07) is 11.3. The Bertz CT molecular complexity index is 835. The summed E-state index contributed by atoms with van der Waals surface area (Å²) < 4.78 is 52.0. The van der Waals surface area contributed by atoms with Gasteiger partial charge in [-0.2, -0.15) is 4.31 Å². The van der Waals surface area contributed by atoms with Crippen molar-refractivity contribution in [3.8, 4) is 11.5 Å². The monoisotopic (exact) mass is 418 g/mol. The van der Waals surface area contributed by atoms with Crippen molar-refractivity contribution < 1.29 is 22.3 Å². The molecule has 9 heteroatoms. The Kier molecular flexibility index (Phi) is 8.98. The molecule has 0 atom stereocenters. The minimum absolute atomic E-state index is 0. The van der Waals surface area contributed by atoms with E-state index in [1.807, 2.05) is 30.3 Å². The number of benzene rings is 2. The molecule has 0 unspecified atom stereocenters. The highest BCUT2D eigenvalue weighted by Gasteiger charge is 2.29. The normalized spacial score (nSPS) is 11.1. The molecule has 0 saturated carbocycles. The Morgan fingerprint density at radius 3 is 2.22 bits per heavy atom. The Morgan fingerprint density at radius 1 is 1.07 bits per heavy atom. The molecule has 0 saturated heterocycles. The lowest BCUT2D eigenvalue weighted by molar-refractivity contribution is 0.349. The third-order valence-corrected chi connectivity index (χ3v) is 5.73. The molecule has 0 bridgehead atoms. The summed E-state index contributed by atoms with van der Waals surface area (Å²) in [5.41, 5.74) is 6.33. The van der Waals surface area contributed by atoms with E-state index in [1.54, 1.807) is 0 Å². The summed E-state index contributed by atoms with van der Waals surface area (Å²) >= 11 is 0. The number of halogens is 2. The van der Waals surface area contributed by atoms with E-state index in [-0.39, 0.29) is 37.0 Å². The SMILES string of the molecule is COc1cc(F)c(S(=O)(=O)N(CCCN)Cc2ccccc2)cc1OC.Cl. The van der Waals surface area contributed by atoms with Crippen molar-refractivity contribution >= 4 is 22.4 Å². The number of rotatable bonds is 9. The van der Waals surface area contributed by atoms with Crippen LogP contribution in [0.2, 0.25) is 0 Å². The number of ether oxygens (including phenoxy) is 2. The van der Waals surface area contributed by atoms with Gasteiger partial charge in [-0.1, -0.05) is 30.3 Å². The van der Waals surface area contributed by atoms with Gasteiger partial charge in [-0.25, -0.2) is 12.8 Å². The first-order valence-corrected chi connectivity index (χ1v) is 9.53. The van der Waals surface area contributed by atoms with Crippen LogP contribution in [0.25, 0.3) is 0 Å². The molecule has 0 amide bonds. The Morgan fingerprint density at radius 2 is 1.67 bits per heavy atom. The van der Waals surface area contributed by atoms with Crippen molar-refractivity contribution in [3.63, 3.8) is 0 Å². The fourth-order valence-corrected chi connectivity index (χ4v) is 4.04. The maximum Gasteiger partial charge on any atom is 0.246 e. The molecule has 0 aliphatic carbocycles. The van der Waals surface area contributed by atoms with Crippen LogP contribution in [0.5, 0.6) is 11.5 Å². The van der Waals surface area contributed by atoms with Gasteiger partial charge in [0.25, 0.3) is 0 Å². The van der Waals surface area contributed by atoms with E-state index >= 15 is 0 Å². The van der Waals surface area contributed by atoms with Crippen LogP contribution >= 0.6 is 12.4 Å². The van der Waals surface area contributed by atoms with Gasteiger partial charge in [-0.15, -0.1) is 12.4 Å². The van der Waals surface area contributed by atoms with E-state index in [1.165, 1.54) is 18.5 Å². The quantitative estimate of drug-likeness (QED) is 0.677. The smallest absolute Gasteiger partial charge is 0.246 e. The van der Waals surface area contributed by atoms with Crippen LogP contribution in [0, 0.1) is 5.82 Å². The van der Waals surface area contributed by atoms with Gasteiger partial charge < -0.3 is 15.2 Å². The number of nitrogens with zero attached hydrogens (tertiary/aromatic N) is 1. The van der Waals surface area contributed by atoms with Crippen LogP contribution in [-0.4, -0.2) is 40.0 Å². The van der Waals surface area contributed by atoms with Gasteiger partial charge >= 0.3 is 0 Å². The van der Waals surface area contributed by atoms with E-state index < -0.39 is 20.7 Å². The summed E-state index contributed by atoms with van der Waals surface area (Å²) in [6.07, 6.45) is 0.459. The molecule has 0 aliphatic heterocycles. The molecule has 0 aliphatic rings. The van der Waals surface area contributed by atoms with Crippen molar-refractivity contribution in [3.05, 3.63) is 53.8 Å². The maximum atomic E-state index is 14.5. The summed E-state index contributed by atoms with van der Waals surface area (Å²) in [7, 11) is -1.37. The molecule has 0 aromatic heterocycles. The number of methoxy groups -OCH3 is 2. The fraction of sp³-hybridized carbons (Fsp3) is 0.333. The number of nitrogens with two attached hydrogens (primary N) is 1. The molecule has 2 aromatic carbocycles. The summed E-state index contributed by atoms with van der Waals surface area (Å²) in [4.78, 5) is -0.455. The van der Waals surface area contributed by atoms with Crippen molar-refractivity contribution in [1.29, 1.82) is 0 Å². The van der Waals surface area contributed by atoms with Crippen molar-refractivity contribution in [2.75, 3.05) is 27.3 Å².